The molecular weight excluding hydrogens is 504 g/mol. The highest BCUT2D eigenvalue weighted by atomic mass is 35.5. The quantitative estimate of drug-likeness (QED) is 0.495. The molecule has 38 heavy (non-hydrogen) atoms. The Morgan fingerprint density at radius 3 is 2.61 bits per heavy atom. The summed E-state index contributed by atoms with van der Waals surface area (Å²) in [6.07, 6.45) is 4.27. The SMILES string of the molecule is Cc1c(C(=O)N2CCC(=Cc3ccc4c(c3)CN(C3CCC(=O)NC3=O)C4=O)CC2)[nH]c2cc(Cl)ccc12. The van der Waals surface area contributed by atoms with E-state index in [2.05, 4.69) is 16.4 Å². The van der Waals surface area contributed by atoms with Crippen molar-refractivity contribution in [2.75, 3.05) is 13.1 Å². The number of rotatable bonds is 3. The number of amides is 4. The molecular formula is C29H27ClN4O4. The van der Waals surface area contributed by atoms with Crippen LogP contribution in [0.4, 0.5) is 0 Å². The van der Waals surface area contributed by atoms with Crippen LogP contribution in [0.15, 0.2) is 42.0 Å². The standard InChI is InChI=1S/C29H27ClN4O4/c1-16-21-5-3-20(30)14-23(21)31-26(16)29(38)33-10-8-17(9-11-33)12-18-2-4-22-19(13-18)15-34(28(22)37)24-6-7-25(35)32-27(24)36/h2-5,12-14,24,31H,6-11,15H2,1H3,(H,32,35,36). The van der Waals surface area contributed by atoms with Crippen LogP contribution in [0.1, 0.15) is 63.2 Å². The van der Waals surface area contributed by atoms with Crippen LogP contribution in [0.5, 0.6) is 0 Å². The second-order valence-corrected chi connectivity index (χ2v) is 10.7. The molecule has 1 unspecified atom stereocenters. The molecule has 4 heterocycles. The third-order valence-corrected chi connectivity index (χ3v) is 8.08. The fourth-order valence-corrected chi connectivity index (χ4v) is 5.92. The number of piperidine rings is 2. The predicted molar refractivity (Wildman–Crippen MR) is 144 cm³/mol. The molecule has 2 N–H and O–H groups in total. The first kappa shape index (κ1) is 24.4. The van der Waals surface area contributed by atoms with Gasteiger partial charge >= 0.3 is 0 Å². The summed E-state index contributed by atoms with van der Waals surface area (Å²) in [7, 11) is 0. The first-order valence-electron chi connectivity index (χ1n) is 12.8. The van der Waals surface area contributed by atoms with Crippen LogP contribution in [0.3, 0.4) is 0 Å². The minimum absolute atomic E-state index is 0.00143. The number of aromatic nitrogens is 1. The van der Waals surface area contributed by atoms with Crippen molar-refractivity contribution in [2.45, 2.75) is 45.2 Å². The lowest BCUT2D eigenvalue weighted by molar-refractivity contribution is -0.136. The number of hydrogen-bond acceptors (Lipinski definition) is 4. The molecule has 6 rings (SSSR count). The molecule has 0 saturated carbocycles. The number of carbonyl (C=O) groups is 4. The molecule has 194 valence electrons. The van der Waals surface area contributed by atoms with Crippen molar-refractivity contribution < 1.29 is 19.2 Å². The third-order valence-electron chi connectivity index (χ3n) is 7.85. The number of H-pyrrole nitrogens is 1. The fourth-order valence-electron chi connectivity index (χ4n) is 5.74. The number of benzene rings is 2. The Kier molecular flexibility index (Phi) is 6.07. The molecule has 0 spiro atoms. The number of carbonyl (C=O) groups excluding carboxylic acids is 4. The number of aryl methyl sites for hydroxylation is 1. The highest BCUT2D eigenvalue weighted by Gasteiger charge is 2.39. The van der Waals surface area contributed by atoms with Crippen LogP contribution in [0, 0.1) is 6.92 Å². The third kappa shape index (κ3) is 4.28. The van der Waals surface area contributed by atoms with Crippen molar-refractivity contribution in [3.05, 3.63) is 74.9 Å². The first-order valence-corrected chi connectivity index (χ1v) is 13.2. The molecule has 2 aromatic carbocycles. The molecule has 1 atom stereocenters. The predicted octanol–water partition coefficient (Wildman–Crippen LogP) is 4.21. The lowest BCUT2D eigenvalue weighted by Gasteiger charge is -2.29. The van der Waals surface area contributed by atoms with Gasteiger partial charge in [0.1, 0.15) is 11.7 Å². The van der Waals surface area contributed by atoms with Crippen LogP contribution < -0.4 is 5.32 Å². The summed E-state index contributed by atoms with van der Waals surface area (Å²) >= 11 is 6.11. The maximum Gasteiger partial charge on any atom is 0.270 e. The molecule has 0 bridgehead atoms. The van der Waals surface area contributed by atoms with Gasteiger partial charge in [0.05, 0.1) is 0 Å². The molecule has 2 fully saturated rings. The van der Waals surface area contributed by atoms with E-state index in [0.29, 0.717) is 42.3 Å². The van der Waals surface area contributed by atoms with Crippen LogP contribution >= 0.6 is 11.6 Å². The van der Waals surface area contributed by atoms with E-state index in [1.165, 1.54) is 5.57 Å². The Morgan fingerprint density at radius 1 is 1.05 bits per heavy atom. The topological polar surface area (TPSA) is 103 Å². The number of imide groups is 1. The maximum absolute atomic E-state index is 13.3. The molecule has 4 amide bonds. The van der Waals surface area contributed by atoms with Crippen LogP contribution in [-0.4, -0.2) is 57.5 Å². The van der Waals surface area contributed by atoms with E-state index >= 15 is 0 Å². The van der Waals surface area contributed by atoms with E-state index in [1.54, 1.807) is 4.90 Å². The first-order chi connectivity index (χ1) is 18.3. The summed E-state index contributed by atoms with van der Waals surface area (Å²) in [4.78, 5) is 56.7. The minimum atomic E-state index is -0.617. The molecule has 9 heteroatoms. The van der Waals surface area contributed by atoms with Crippen molar-refractivity contribution in [3.63, 3.8) is 0 Å². The molecule has 2 saturated heterocycles. The molecule has 8 nitrogen and oxygen atoms in total. The van der Waals surface area contributed by atoms with Gasteiger partial charge in [-0.15, -0.1) is 0 Å². The van der Waals surface area contributed by atoms with Crippen LogP contribution in [-0.2, 0) is 16.1 Å². The number of nitrogens with zero attached hydrogens (tertiary/aromatic N) is 2. The van der Waals surface area contributed by atoms with Crippen molar-refractivity contribution in [1.82, 2.24) is 20.1 Å². The molecule has 3 aliphatic rings. The van der Waals surface area contributed by atoms with Crippen LogP contribution in [0.25, 0.3) is 17.0 Å². The lowest BCUT2D eigenvalue weighted by Crippen LogP contribution is -2.52. The highest BCUT2D eigenvalue weighted by Crippen LogP contribution is 2.30. The van der Waals surface area contributed by atoms with Crippen molar-refractivity contribution >= 4 is 52.2 Å². The van der Waals surface area contributed by atoms with E-state index < -0.39 is 11.9 Å². The van der Waals surface area contributed by atoms with Crippen LogP contribution in [0.2, 0.25) is 5.02 Å². The number of nitrogens with one attached hydrogen (secondary N) is 2. The molecule has 0 aliphatic carbocycles. The maximum atomic E-state index is 13.3. The van der Waals surface area contributed by atoms with Crippen molar-refractivity contribution in [2.24, 2.45) is 0 Å². The summed E-state index contributed by atoms with van der Waals surface area (Å²) in [6.45, 7) is 3.57. The van der Waals surface area contributed by atoms with Gasteiger partial charge in [0, 0.05) is 47.5 Å². The largest absolute Gasteiger partial charge is 0.350 e. The van der Waals surface area contributed by atoms with E-state index in [-0.39, 0.29) is 24.1 Å². The van der Waals surface area contributed by atoms with E-state index in [9.17, 15) is 19.2 Å². The smallest absolute Gasteiger partial charge is 0.270 e. The monoisotopic (exact) mass is 530 g/mol. The van der Waals surface area contributed by atoms with Gasteiger partial charge in [-0.1, -0.05) is 35.4 Å². The average Bonchev–Trinajstić information content (AvgIpc) is 3.39. The number of hydrogen-bond donors (Lipinski definition) is 2. The van der Waals surface area contributed by atoms with Gasteiger partial charge in [-0.2, -0.15) is 0 Å². The highest BCUT2D eigenvalue weighted by molar-refractivity contribution is 6.31. The summed E-state index contributed by atoms with van der Waals surface area (Å²) in [6, 6.07) is 10.7. The van der Waals surface area contributed by atoms with Gasteiger partial charge in [0.25, 0.3) is 11.8 Å². The zero-order valence-corrected chi connectivity index (χ0v) is 21.7. The average molecular weight is 531 g/mol. The van der Waals surface area contributed by atoms with Crippen molar-refractivity contribution in [1.29, 1.82) is 0 Å². The van der Waals surface area contributed by atoms with E-state index in [4.69, 9.17) is 11.6 Å². The van der Waals surface area contributed by atoms with Gasteiger partial charge in [0.15, 0.2) is 0 Å². The van der Waals surface area contributed by atoms with Gasteiger partial charge in [-0.25, -0.2) is 0 Å². The van der Waals surface area contributed by atoms with Gasteiger partial charge in [-0.05, 0) is 67.1 Å². The molecule has 3 aliphatic heterocycles. The zero-order valence-electron chi connectivity index (χ0n) is 21.0. The van der Waals surface area contributed by atoms with Crippen molar-refractivity contribution in [3.8, 4) is 0 Å². The second-order valence-electron chi connectivity index (χ2n) is 10.2. The molecule has 0 radical (unpaired) electrons. The van der Waals surface area contributed by atoms with Gasteiger partial charge in [-0.3, -0.25) is 24.5 Å². The van der Waals surface area contributed by atoms with Gasteiger partial charge < -0.3 is 14.8 Å². The number of likely N-dealkylation sites (tertiary alicyclic amines) is 1. The minimum Gasteiger partial charge on any atom is -0.350 e. The Labute approximate surface area is 224 Å². The number of halogens is 1. The normalized spacial score (nSPS) is 19.7. The number of fused-ring (bicyclic) bond motifs is 2. The second kappa shape index (κ2) is 9.44. The summed E-state index contributed by atoms with van der Waals surface area (Å²) in [5.41, 5.74) is 6.14. The summed E-state index contributed by atoms with van der Waals surface area (Å²) < 4.78 is 0. The Hall–Kier alpha value is -3.91. The molecule has 1 aromatic heterocycles. The van der Waals surface area contributed by atoms with Gasteiger partial charge in [0.2, 0.25) is 11.8 Å². The Bertz CT molecular complexity index is 1550. The Balaban J connectivity index is 1.13. The molecule has 3 aromatic rings. The lowest BCUT2D eigenvalue weighted by atomic mass is 9.98. The Morgan fingerprint density at radius 2 is 1.84 bits per heavy atom. The fraction of sp³-hybridized carbons (Fsp3) is 0.310. The van der Waals surface area contributed by atoms with E-state index in [1.807, 2.05) is 48.2 Å². The summed E-state index contributed by atoms with van der Waals surface area (Å²) in [5.74, 6) is -0.871. The summed E-state index contributed by atoms with van der Waals surface area (Å²) in [5, 5.41) is 3.97. The number of aromatic amines is 1. The van der Waals surface area contributed by atoms with E-state index in [0.717, 1.165) is 40.4 Å². The zero-order chi connectivity index (χ0) is 26.6.